The molecule has 76 valence electrons. The number of nitrogens with zero attached hydrogens (tertiary/aromatic N) is 2. The van der Waals surface area contributed by atoms with E-state index in [1.54, 1.807) is 0 Å². The van der Waals surface area contributed by atoms with Crippen LogP contribution in [0.3, 0.4) is 0 Å². The molecule has 14 heavy (non-hydrogen) atoms. The number of nitrogens with one attached hydrogen (secondary N) is 1. The minimum atomic E-state index is -0.00530. The van der Waals surface area contributed by atoms with Crippen molar-refractivity contribution in [1.82, 2.24) is 9.97 Å². The molecule has 1 aliphatic rings. The minimum Gasteiger partial charge on any atom is -0.378 e. The number of hydrogen-bond acceptors (Lipinski definition) is 5. The van der Waals surface area contributed by atoms with E-state index in [1.165, 1.54) is 12.4 Å². The molecule has 2 atom stereocenters. The highest BCUT2D eigenvalue weighted by Crippen LogP contribution is 2.10. The molecule has 1 saturated heterocycles. The van der Waals surface area contributed by atoms with Gasteiger partial charge in [0.1, 0.15) is 0 Å². The second kappa shape index (κ2) is 4.08. The molecular weight excluding hydrogens is 204 g/mol. The summed E-state index contributed by atoms with van der Waals surface area (Å²) < 4.78 is 5.20. The Bertz CT molecular complexity index is 305. The Kier molecular flexibility index (Phi) is 2.81. The van der Waals surface area contributed by atoms with Crippen LogP contribution in [-0.4, -0.2) is 35.3 Å². The van der Waals surface area contributed by atoms with E-state index in [9.17, 15) is 0 Å². The quantitative estimate of drug-likeness (QED) is 0.739. The Morgan fingerprint density at radius 2 is 2.14 bits per heavy atom. The number of anilines is 1. The van der Waals surface area contributed by atoms with Gasteiger partial charge in [0.25, 0.3) is 0 Å². The van der Waals surface area contributed by atoms with E-state index in [4.69, 9.17) is 22.1 Å². The van der Waals surface area contributed by atoms with Crippen LogP contribution >= 0.6 is 11.6 Å². The lowest BCUT2D eigenvalue weighted by Crippen LogP contribution is -2.39. The lowest BCUT2D eigenvalue weighted by molar-refractivity contribution is 0.192. The molecule has 5 nitrogen and oxygen atoms in total. The molecule has 0 spiro atoms. The standard InChI is InChI=1S/C8H11ClN4O/c9-5-1-11-8(12-2-5)13-7-4-14-3-6(7)10/h1-2,6-7H,3-4,10H2,(H,11,12,13). The Labute approximate surface area is 86.6 Å². The Morgan fingerprint density at radius 3 is 2.71 bits per heavy atom. The molecule has 0 bridgehead atoms. The molecule has 2 unspecified atom stereocenters. The summed E-state index contributed by atoms with van der Waals surface area (Å²) >= 11 is 5.65. The second-order valence-corrected chi connectivity index (χ2v) is 3.61. The van der Waals surface area contributed by atoms with Gasteiger partial charge in [-0.25, -0.2) is 9.97 Å². The number of aromatic nitrogens is 2. The average molecular weight is 215 g/mol. The van der Waals surface area contributed by atoms with Crippen molar-refractivity contribution < 1.29 is 4.74 Å². The Balaban J connectivity index is 2.00. The third-order valence-electron chi connectivity index (χ3n) is 2.06. The van der Waals surface area contributed by atoms with E-state index >= 15 is 0 Å². The van der Waals surface area contributed by atoms with Gasteiger partial charge in [-0.3, -0.25) is 0 Å². The van der Waals surface area contributed by atoms with Gasteiger partial charge >= 0.3 is 0 Å². The van der Waals surface area contributed by atoms with Crippen molar-refractivity contribution in [3.8, 4) is 0 Å². The van der Waals surface area contributed by atoms with Gasteiger partial charge in [0.15, 0.2) is 0 Å². The summed E-state index contributed by atoms with van der Waals surface area (Å²) in [6.07, 6.45) is 3.08. The second-order valence-electron chi connectivity index (χ2n) is 3.18. The summed E-state index contributed by atoms with van der Waals surface area (Å²) in [5, 5.41) is 3.60. The first-order valence-corrected chi connectivity index (χ1v) is 4.71. The fourth-order valence-electron chi connectivity index (χ4n) is 1.27. The zero-order chi connectivity index (χ0) is 9.97. The van der Waals surface area contributed by atoms with Gasteiger partial charge in [0.2, 0.25) is 5.95 Å². The van der Waals surface area contributed by atoms with E-state index in [-0.39, 0.29) is 12.1 Å². The molecule has 0 amide bonds. The summed E-state index contributed by atoms with van der Waals surface area (Å²) in [4.78, 5) is 8.02. The van der Waals surface area contributed by atoms with E-state index < -0.39 is 0 Å². The Morgan fingerprint density at radius 1 is 1.43 bits per heavy atom. The van der Waals surface area contributed by atoms with Crippen molar-refractivity contribution in [1.29, 1.82) is 0 Å². The summed E-state index contributed by atoms with van der Waals surface area (Å²) in [6, 6.07) is 0.0745. The van der Waals surface area contributed by atoms with Crippen LogP contribution in [0.15, 0.2) is 12.4 Å². The molecule has 1 aromatic heterocycles. The smallest absolute Gasteiger partial charge is 0.223 e. The third-order valence-corrected chi connectivity index (χ3v) is 2.25. The van der Waals surface area contributed by atoms with Crippen LogP contribution in [0.5, 0.6) is 0 Å². The zero-order valence-electron chi connectivity index (χ0n) is 7.48. The maximum absolute atomic E-state index is 5.79. The normalized spacial score (nSPS) is 26.4. The molecule has 1 aromatic rings. The molecular formula is C8H11ClN4O. The predicted octanol–water partition coefficient (Wildman–Crippen LogP) is 0.268. The lowest BCUT2D eigenvalue weighted by atomic mass is 10.2. The van der Waals surface area contributed by atoms with Crippen LogP contribution in [0.25, 0.3) is 0 Å². The third kappa shape index (κ3) is 2.12. The van der Waals surface area contributed by atoms with Crippen molar-refractivity contribution in [2.75, 3.05) is 18.5 Å². The molecule has 0 aliphatic carbocycles. The molecule has 6 heteroatoms. The van der Waals surface area contributed by atoms with Gasteiger partial charge in [-0.05, 0) is 0 Å². The van der Waals surface area contributed by atoms with Gasteiger partial charge in [-0.1, -0.05) is 11.6 Å². The molecule has 3 N–H and O–H groups in total. The molecule has 1 fully saturated rings. The van der Waals surface area contributed by atoms with E-state index in [0.717, 1.165) is 0 Å². The van der Waals surface area contributed by atoms with Gasteiger partial charge < -0.3 is 15.8 Å². The van der Waals surface area contributed by atoms with E-state index in [2.05, 4.69) is 15.3 Å². The predicted molar refractivity (Wildman–Crippen MR) is 53.2 cm³/mol. The first-order valence-electron chi connectivity index (χ1n) is 4.33. The largest absolute Gasteiger partial charge is 0.378 e. The molecule has 2 heterocycles. The first kappa shape index (κ1) is 9.64. The van der Waals surface area contributed by atoms with Gasteiger partial charge in [0.05, 0.1) is 42.7 Å². The van der Waals surface area contributed by atoms with Gasteiger partial charge in [0, 0.05) is 0 Å². The SMILES string of the molecule is NC1COCC1Nc1ncc(Cl)cn1. The number of hydrogen-bond donors (Lipinski definition) is 2. The minimum absolute atomic E-state index is 0.00530. The molecule has 2 rings (SSSR count). The van der Waals surface area contributed by atoms with Crippen LogP contribution in [-0.2, 0) is 4.74 Å². The highest BCUT2D eigenvalue weighted by molar-refractivity contribution is 6.30. The summed E-state index contributed by atoms with van der Waals surface area (Å²) in [5.74, 6) is 0.528. The van der Waals surface area contributed by atoms with Crippen LogP contribution < -0.4 is 11.1 Å². The van der Waals surface area contributed by atoms with Gasteiger partial charge in [-0.15, -0.1) is 0 Å². The van der Waals surface area contributed by atoms with E-state index in [1.807, 2.05) is 0 Å². The summed E-state index contributed by atoms with van der Waals surface area (Å²) in [5.41, 5.74) is 5.79. The summed E-state index contributed by atoms with van der Waals surface area (Å²) in [7, 11) is 0. The van der Waals surface area contributed by atoms with Crippen molar-refractivity contribution >= 4 is 17.5 Å². The van der Waals surface area contributed by atoms with Crippen molar-refractivity contribution in [2.45, 2.75) is 12.1 Å². The highest BCUT2D eigenvalue weighted by Gasteiger charge is 2.25. The number of nitrogens with two attached hydrogens (primary N) is 1. The Hall–Kier alpha value is -0.910. The molecule has 0 saturated carbocycles. The first-order chi connectivity index (χ1) is 6.75. The fourth-order valence-corrected chi connectivity index (χ4v) is 1.37. The van der Waals surface area contributed by atoms with Crippen LogP contribution in [0.2, 0.25) is 5.02 Å². The monoisotopic (exact) mass is 214 g/mol. The van der Waals surface area contributed by atoms with Crippen LogP contribution in [0.4, 0.5) is 5.95 Å². The van der Waals surface area contributed by atoms with Crippen molar-refractivity contribution in [2.24, 2.45) is 5.73 Å². The number of halogens is 1. The average Bonchev–Trinajstić information content (AvgIpc) is 2.56. The zero-order valence-corrected chi connectivity index (χ0v) is 8.24. The topological polar surface area (TPSA) is 73.1 Å². The highest BCUT2D eigenvalue weighted by atomic mass is 35.5. The van der Waals surface area contributed by atoms with Crippen LogP contribution in [0, 0.1) is 0 Å². The van der Waals surface area contributed by atoms with Crippen LogP contribution in [0.1, 0.15) is 0 Å². The lowest BCUT2D eigenvalue weighted by Gasteiger charge is -2.14. The number of rotatable bonds is 2. The van der Waals surface area contributed by atoms with Crippen molar-refractivity contribution in [3.05, 3.63) is 17.4 Å². The maximum atomic E-state index is 5.79. The number of ether oxygens (including phenoxy) is 1. The molecule has 0 radical (unpaired) electrons. The summed E-state index contributed by atoms with van der Waals surface area (Å²) in [6.45, 7) is 1.17. The fraction of sp³-hybridized carbons (Fsp3) is 0.500. The van der Waals surface area contributed by atoms with Crippen molar-refractivity contribution in [3.63, 3.8) is 0 Å². The van der Waals surface area contributed by atoms with E-state index in [0.29, 0.717) is 24.2 Å². The van der Waals surface area contributed by atoms with Gasteiger partial charge in [-0.2, -0.15) is 0 Å². The molecule has 1 aliphatic heterocycles. The maximum Gasteiger partial charge on any atom is 0.223 e. The molecule has 0 aromatic carbocycles.